The number of anilines is 5. The quantitative estimate of drug-likeness (QED) is 0.537. The van der Waals surface area contributed by atoms with Crippen molar-refractivity contribution < 1.29 is 9.59 Å². The normalized spacial score (nSPS) is 9.93. The van der Waals surface area contributed by atoms with Crippen LogP contribution in [0.5, 0.6) is 0 Å². The van der Waals surface area contributed by atoms with E-state index in [9.17, 15) is 9.59 Å². The number of carbonyl (C=O) groups is 2. The molecule has 0 unspecified atom stereocenters. The Bertz CT molecular complexity index is 945. The molecule has 5 nitrogen and oxygen atoms in total. The average molecular weight is 383 g/mol. The molecular weight excluding hydrogens is 362 g/mol. The second kappa shape index (κ2) is 9.19. The van der Waals surface area contributed by atoms with Crippen molar-refractivity contribution in [2.75, 3.05) is 15.5 Å². The Labute approximate surface area is 170 Å². The predicted octanol–water partition coefficient (Wildman–Crippen LogP) is 5.41. The van der Waals surface area contributed by atoms with E-state index in [1.807, 2.05) is 78.9 Å². The van der Waals surface area contributed by atoms with Crippen molar-refractivity contribution in [1.82, 2.24) is 0 Å². The molecule has 0 aromatic heterocycles. The Balaban J connectivity index is 1.93. The molecule has 144 valence electrons. The van der Waals surface area contributed by atoms with E-state index in [1.54, 1.807) is 0 Å². The molecule has 29 heavy (non-hydrogen) atoms. The van der Waals surface area contributed by atoms with E-state index in [-0.39, 0.29) is 11.8 Å². The molecule has 3 aromatic rings. The van der Waals surface area contributed by atoms with Crippen LogP contribution in [0.15, 0.2) is 104 Å². The lowest BCUT2D eigenvalue weighted by Gasteiger charge is -2.25. The van der Waals surface area contributed by atoms with Gasteiger partial charge in [0.1, 0.15) is 0 Å². The maximum absolute atomic E-state index is 11.5. The van der Waals surface area contributed by atoms with Crippen molar-refractivity contribution in [3.05, 3.63) is 104 Å². The monoisotopic (exact) mass is 383 g/mol. The number of benzene rings is 3. The Morgan fingerprint density at radius 3 is 1.38 bits per heavy atom. The molecule has 0 fully saturated rings. The van der Waals surface area contributed by atoms with Gasteiger partial charge in [-0.15, -0.1) is 0 Å². The summed E-state index contributed by atoms with van der Waals surface area (Å²) in [6.07, 6.45) is 2.47. The standard InChI is InChI=1S/C24H21N3O2/c1-3-23(28)25-18-10-14-21(15-11-18)27(20-8-6-5-7-9-20)22-16-12-19(13-17-22)26-24(29)4-2/h3-17H,1-2H2,(H,25,28)(H,26,29). The summed E-state index contributed by atoms with van der Waals surface area (Å²) in [4.78, 5) is 25.1. The number of hydrogen-bond donors (Lipinski definition) is 2. The molecule has 0 heterocycles. The smallest absolute Gasteiger partial charge is 0.247 e. The Morgan fingerprint density at radius 2 is 1.00 bits per heavy atom. The molecule has 3 aromatic carbocycles. The fourth-order valence-electron chi connectivity index (χ4n) is 2.80. The van der Waals surface area contributed by atoms with Crippen molar-refractivity contribution in [3.8, 4) is 0 Å². The van der Waals surface area contributed by atoms with Crippen LogP contribution in [0.4, 0.5) is 28.4 Å². The molecule has 5 heteroatoms. The molecule has 0 radical (unpaired) electrons. The summed E-state index contributed by atoms with van der Waals surface area (Å²) in [7, 11) is 0. The lowest BCUT2D eigenvalue weighted by molar-refractivity contribution is -0.112. The SMILES string of the molecule is C=CC(=O)Nc1ccc(N(c2ccccc2)c2ccc(NC(=O)C=C)cc2)cc1. The molecule has 2 N–H and O–H groups in total. The molecule has 0 aliphatic heterocycles. The van der Waals surface area contributed by atoms with E-state index in [2.05, 4.69) is 28.7 Å². The number of nitrogens with one attached hydrogen (secondary N) is 2. The van der Waals surface area contributed by atoms with Crippen molar-refractivity contribution >= 4 is 40.3 Å². The number of amides is 2. The van der Waals surface area contributed by atoms with Crippen LogP contribution in [-0.2, 0) is 9.59 Å². The molecule has 0 aliphatic rings. The topological polar surface area (TPSA) is 61.4 Å². The first-order valence-electron chi connectivity index (χ1n) is 9.03. The summed E-state index contributed by atoms with van der Waals surface area (Å²) >= 11 is 0. The summed E-state index contributed by atoms with van der Waals surface area (Å²) < 4.78 is 0. The summed E-state index contributed by atoms with van der Waals surface area (Å²) in [6, 6.07) is 25.0. The Morgan fingerprint density at radius 1 is 0.621 bits per heavy atom. The third-order valence-electron chi connectivity index (χ3n) is 4.17. The van der Waals surface area contributed by atoms with Crippen LogP contribution in [0.3, 0.4) is 0 Å². The van der Waals surface area contributed by atoms with Crippen molar-refractivity contribution in [1.29, 1.82) is 0 Å². The maximum atomic E-state index is 11.5. The molecule has 2 amide bonds. The zero-order valence-electron chi connectivity index (χ0n) is 15.8. The first kappa shape index (κ1) is 19.6. The summed E-state index contributed by atoms with van der Waals surface area (Å²) in [5.74, 6) is -0.510. The molecule has 0 aliphatic carbocycles. The van der Waals surface area contributed by atoms with E-state index in [0.717, 1.165) is 17.1 Å². The second-order valence-electron chi connectivity index (χ2n) is 6.15. The number of carbonyl (C=O) groups excluding carboxylic acids is 2. The summed E-state index contributed by atoms with van der Waals surface area (Å²) in [5.41, 5.74) is 4.22. The van der Waals surface area contributed by atoms with Crippen LogP contribution in [0.1, 0.15) is 0 Å². The van der Waals surface area contributed by atoms with Gasteiger partial charge in [-0.25, -0.2) is 0 Å². The first-order valence-corrected chi connectivity index (χ1v) is 9.03. The van der Waals surface area contributed by atoms with Gasteiger partial charge >= 0.3 is 0 Å². The Hall–Kier alpha value is -4.12. The second-order valence-corrected chi connectivity index (χ2v) is 6.15. The van der Waals surface area contributed by atoms with Gasteiger partial charge in [-0.05, 0) is 72.8 Å². The minimum absolute atomic E-state index is 0.255. The highest BCUT2D eigenvalue weighted by Crippen LogP contribution is 2.35. The van der Waals surface area contributed by atoms with Crippen LogP contribution in [0.2, 0.25) is 0 Å². The summed E-state index contributed by atoms with van der Waals surface area (Å²) in [6.45, 7) is 6.92. The first-order chi connectivity index (χ1) is 14.1. The summed E-state index contributed by atoms with van der Waals surface area (Å²) in [5, 5.41) is 5.49. The van der Waals surface area contributed by atoms with Gasteiger partial charge < -0.3 is 15.5 Å². The molecule has 3 rings (SSSR count). The highest BCUT2D eigenvalue weighted by atomic mass is 16.2. The number of para-hydroxylation sites is 1. The van der Waals surface area contributed by atoms with Crippen molar-refractivity contribution in [2.45, 2.75) is 0 Å². The molecule has 0 atom stereocenters. The fraction of sp³-hybridized carbons (Fsp3) is 0. The van der Waals surface area contributed by atoms with Gasteiger partial charge in [-0.2, -0.15) is 0 Å². The van der Waals surface area contributed by atoms with Gasteiger partial charge in [0.2, 0.25) is 11.8 Å². The largest absolute Gasteiger partial charge is 0.323 e. The lowest BCUT2D eigenvalue weighted by Crippen LogP contribution is -2.11. The third-order valence-corrected chi connectivity index (χ3v) is 4.17. The number of rotatable bonds is 7. The van der Waals surface area contributed by atoms with Gasteiger partial charge in [-0.1, -0.05) is 31.4 Å². The van der Waals surface area contributed by atoms with Crippen molar-refractivity contribution in [3.63, 3.8) is 0 Å². The molecular formula is C24H21N3O2. The fourth-order valence-corrected chi connectivity index (χ4v) is 2.80. The van der Waals surface area contributed by atoms with Gasteiger partial charge in [-0.3, -0.25) is 9.59 Å². The molecule has 0 saturated heterocycles. The molecule has 0 saturated carbocycles. The highest BCUT2D eigenvalue weighted by Gasteiger charge is 2.12. The zero-order valence-corrected chi connectivity index (χ0v) is 15.8. The van der Waals surface area contributed by atoms with Gasteiger partial charge in [0.15, 0.2) is 0 Å². The van der Waals surface area contributed by atoms with E-state index >= 15 is 0 Å². The minimum atomic E-state index is -0.255. The predicted molar refractivity (Wildman–Crippen MR) is 119 cm³/mol. The van der Waals surface area contributed by atoms with Gasteiger partial charge in [0, 0.05) is 28.4 Å². The van der Waals surface area contributed by atoms with Crippen molar-refractivity contribution in [2.24, 2.45) is 0 Å². The molecule has 0 spiro atoms. The van der Waals surface area contributed by atoms with Crippen LogP contribution >= 0.6 is 0 Å². The van der Waals surface area contributed by atoms with E-state index in [0.29, 0.717) is 11.4 Å². The minimum Gasteiger partial charge on any atom is -0.323 e. The van der Waals surface area contributed by atoms with E-state index in [1.165, 1.54) is 12.2 Å². The van der Waals surface area contributed by atoms with Crippen LogP contribution in [0, 0.1) is 0 Å². The third kappa shape index (κ3) is 4.99. The highest BCUT2D eigenvalue weighted by molar-refractivity contribution is 5.99. The number of hydrogen-bond acceptors (Lipinski definition) is 3. The van der Waals surface area contributed by atoms with Crippen LogP contribution in [0.25, 0.3) is 0 Å². The van der Waals surface area contributed by atoms with Crippen LogP contribution in [-0.4, -0.2) is 11.8 Å². The average Bonchev–Trinajstić information content (AvgIpc) is 2.77. The van der Waals surface area contributed by atoms with E-state index < -0.39 is 0 Å². The van der Waals surface area contributed by atoms with Gasteiger partial charge in [0.05, 0.1) is 0 Å². The lowest BCUT2D eigenvalue weighted by atomic mass is 10.1. The van der Waals surface area contributed by atoms with E-state index in [4.69, 9.17) is 0 Å². The number of nitrogens with zero attached hydrogens (tertiary/aromatic N) is 1. The van der Waals surface area contributed by atoms with Gasteiger partial charge in [0.25, 0.3) is 0 Å². The maximum Gasteiger partial charge on any atom is 0.247 e. The Kier molecular flexibility index (Phi) is 6.22. The molecule has 0 bridgehead atoms. The van der Waals surface area contributed by atoms with Crippen LogP contribution < -0.4 is 15.5 Å². The zero-order chi connectivity index (χ0) is 20.6.